The third-order valence-corrected chi connectivity index (χ3v) is 5.53. The van der Waals surface area contributed by atoms with Gasteiger partial charge in [0.05, 0.1) is 19.8 Å². The van der Waals surface area contributed by atoms with E-state index in [0.717, 1.165) is 16.7 Å². The Morgan fingerprint density at radius 2 is 1.06 bits per heavy atom. The molecule has 0 heterocycles. The minimum atomic E-state index is -0.732. The molecule has 3 aromatic rings. The van der Waals surface area contributed by atoms with Gasteiger partial charge in [-0.15, -0.1) is 0 Å². The van der Waals surface area contributed by atoms with Crippen molar-refractivity contribution in [2.75, 3.05) is 0 Å². The van der Waals surface area contributed by atoms with E-state index in [2.05, 4.69) is 0 Å². The molecule has 0 spiro atoms. The number of ketones is 1. The highest BCUT2D eigenvalue weighted by molar-refractivity contribution is 6.00. The van der Waals surface area contributed by atoms with Crippen LogP contribution in [0.2, 0.25) is 0 Å². The zero-order valence-corrected chi connectivity index (χ0v) is 18.2. The molecule has 0 bridgehead atoms. The van der Waals surface area contributed by atoms with Gasteiger partial charge in [0.2, 0.25) is 0 Å². The van der Waals surface area contributed by atoms with E-state index in [1.807, 2.05) is 104 Å². The summed E-state index contributed by atoms with van der Waals surface area (Å²) in [5, 5.41) is 0. The van der Waals surface area contributed by atoms with Gasteiger partial charge in [0, 0.05) is 0 Å². The topological polar surface area (TPSA) is 44.8 Å². The van der Waals surface area contributed by atoms with E-state index in [4.69, 9.17) is 14.2 Å². The lowest BCUT2D eigenvalue weighted by Gasteiger charge is -2.35. The number of carbonyl (C=O) groups is 1. The zero-order chi connectivity index (χ0) is 22.2. The van der Waals surface area contributed by atoms with Crippen LogP contribution < -0.4 is 0 Å². The van der Waals surface area contributed by atoms with Gasteiger partial charge in [0.25, 0.3) is 0 Å². The van der Waals surface area contributed by atoms with E-state index in [9.17, 15) is 4.79 Å². The largest absolute Gasteiger partial charge is 0.367 e. The molecule has 1 aliphatic carbocycles. The maximum Gasteiger partial charge on any atom is 0.189 e. The van der Waals surface area contributed by atoms with E-state index in [1.54, 1.807) is 0 Å². The summed E-state index contributed by atoms with van der Waals surface area (Å²) < 4.78 is 18.7. The van der Waals surface area contributed by atoms with Crippen LogP contribution in [0.3, 0.4) is 0 Å². The molecule has 1 aliphatic rings. The average molecular weight is 429 g/mol. The molecule has 0 saturated carbocycles. The lowest BCUT2D eigenvalue weighted by atomic mass is 9.91. The van der Waals surface area contributed by atoms with Gasteiger partial charge in [-0.05, 0) is 35.3 Å². The second kappa shape index (κ2) is 11.0. The maximum absolute atomic E-state index is 13.1. The molecule has 0 N–H and O–H groups in total. The van der Waals surface area contributed by atoms with E-state index >= 15 is 0 Å². The summed E-state index contributed by atoms with van der Waals surface area (Å²) in [6.07, 6.45) is 0.199. The van der Waals surface area contributed by atoms with Crippen molar-refractivity contribution in [1.29, 1.82) is 0 Å². The zero-order valence-electron chi connectivity index (χ0n) is 18.2. The molecule has 4 heteroatoms. The van der Waals surface area contributed by atoms with Crippen LogP contribution in [0, 0.1) is 0 Å². The van der Waals surface area contributed by atoms with Crippen LogP contribution in [-0.4, -0.2) is 24.1 Å². The van der Waals surface area contributed by atoms with Crippen molar-refractivity contribution < 1.29 is 19.0 Å². The Bertz CT molecular complexity index is 1020. The van der Waals surface area contributed by atoms with E-state index < -0.39 is 18.3 Å². The molecule has 0 fully saturated rings. The Balaban J connectivity index is 1.53. The minimum absolute atomic E-state index is 0.0569. The van der Waals surface area contributed by atoms with Crippen molar-refractivity contribution >= 4 is 5.78 Å². The lowest BCUT2D eigenvalue weighted by Crippen LogP contribution is -2.49. The molecule has 4 nitrogen and oxygen atoms in total. The van der Waals surface area contributed by atoms with Crippen LogP contribution in [0.25, 0.3) is 0 Å². The van der Waals surface area contributed by atoms with Crippen molar-refractivity contribution in [2.24, 2.45) is 0 Å². The standard InChI is InChI=1S/C28H28O4/c1-21-17-25(30-18-22-11-5-2-6-12-22)27(31-19-23-13-7-3-8-14-23)28(26(21)29)32-20-24-15-9-4-10-16-24/h2-17,25,27-28H,18-20H2,1H3/t25-,27+,28+/m0/s1. The Morgan fingerprint density at radius 1 is 0.625 bits per heavy atom. The Morgan fingerprint density at radius 3 is 1.56 bits per heavy atom. The smallest absolute Gasteiger partial charge is 0.189 e. The molecule has 4 rings (SSSR count). The van der Waals surface area contributed by atoms with Gasteiger partial charge in [0.1, 0.15) is 18.3 Å². The second-order valence-electron chi connectivity index (χ2n) is 7.95. The molecule has 0 radical (unpaired) electrons. The van der Waals surface area contributed by atoms with E-state index in [0.29, 0.717) is 25.4 Å². The van der Waals surface area contributed by atoms with Crippen LogP contribution in [0.5, 0.6) is 0 Å². The molecule has 3 atom stereocenters. The van der Waals surface area contributed by atoms with Crippen molar-refractivity contribution in [3.8, 4) is 0 Å². The fourth-order valence-electron chi connectivity index (χ4n) is 3.76. The normalized spacial score (nSPS) is 20.7. The summed E-state index contributed by atoms with van der Waals surface area (Å²) in [7, 11) is 0. The third kappa shape index (κ3) is 5.80. The summed E-state index contributed by atoms with van der Waals surface area (Å²) in [4.78, 5) is 13.1. The monoisotopic (exact) mass is 428 g/mol. The summed E-state index contributed by atoms with van der Waals surface area (Å²) in [5.74, 6) is -0.0569. The van der Waals surface area contributed by atoms with Crippen LogP contribution in [0.1, 0.15) is 23.6 Å². The number of benzene rings is 3. The molecule has 0 aliphatic heterocycles. The first-order valence-corrected chi connectivity index (χ1v) is 10.9. The van der Waals surface area contributed by atoms with E-state index in [1.165, 1.54) is 0 Å². The van der Waals surface area contributed by atoms with Gasteiger partial charge in [-0.2, -0.15) is 0 Å². The molecule has 0 unspecified atom stereocenters. The average Bonchev–Trinajstić information content (AvgIpc) is 2.85. The fourth-order valence-corrected chi connectivity index (χ4v) is 3.76. The number of hydrogen-bond donors (Lipinski definition) is 0. The first-order valence-electron chi connectivity index (χ1n) is 10.9. The van der Waals surface area contributed by atoms with Crippen molar-refractivity contribution in [1.82, 2.24) is 0 Å². The number of Topliss-reactive ketones (excluding diaryl/α,β-unsaturated/α-hetero) is 1. The van der Waals surface area contributed by atoms with Gasteiger partial charge in [-0.25, -0.2) is 0 Å². The summed E-state index contributed by atoms with van der Waals surface area (Å²) in [6.45, 7) is 2.96. The number of rotatable bonds is 9. The molecular weight excluding hydrogens is 400 g/mol. The van der Waals surface area contributed by atoms with Crippen LogP contribution in [0.15, 0.2) is 103 Å². The number of carbonyl (C=O) groups excluding carboxylic acids is 1. The quantitative estimate of drug-likeness (QED) is 0.466. The Labute approximate surface area is 189 Å². The Kier molecular flexibility index (Phi) is 7.62. The van der Waals surface area contributed by atoms with Crippen molar-refractivity contribution in [3.05, 3.63) is 119 Å². The van der Waals surface area contributed by atoms with Gasteiger partial charge in [0.15, 0.2) is 5.78 Å². The predicted molar refractivity (Wildman–Crippen MR) is 124 cm³/mol. The van der Waals surface area contributed by atoms with Gasteiger partial charge >= 0.3 is 0 Å². The number of ether oxygens (including phenoxy) is 3. The highest BCUT2D eigenvalue weighted by Crippen LogP contribution is 2.26. The minimum Gasteiger partial charge on any atom is -0.367 e. The molecule has 0 aromatic heterocycles. The molecule has 0 saturated heterocycles. The first kappa shape index (κ1) is 22.2. The second-order valence-corrected chi connectivity index (χ2v) is 7.95. The highest BCUT2D eigenvalue weighted by atomic mass is 16.6. The summed E-state index contributed by atoms with van der Waals surface area (Å²) in [5.41, 5.74) is 3.76. The third-order valence-electron chi connectivity index (χ3n) is 5.53. The van der Waals surface area contributed by atoms with Crippen LogP contribution in [0.4, 0.5) is 0 Å². The highest BCUT2D eigenvalue weighted by Gasteiger charge is 2.40. The summed E-state index contributed by atoms with van der Waals surface area (Å²) in [6, 6.07) is 29.8. The van der Waals surface area contributed by atoms with Gasteiger partial charge in [-0.3, -0.25) is 4.79 Å². The van der Waals surface area contributed by atoms with Gasteiger partial charge < -0.3 is 14.2 Å². The fraction of sp³-hybridized carbons (Fsp3) is 0.250. The Hall–Kier alpha value is -3.05. The number of hydrogen-bond acceptors (Lipinski definition) is 4. The van der Waals surface area contributed by atoms with Crippen LogP contribution in [-0.2, 0) is 38.8 Å². The van der Waals surface area contributed by atoms with E-state index in [-0.39, 0.29) is 5.78 Å². The molecular formula is C28H28O4. The van der Waals surface area contributed by atoms with Crippen molar-refractivity contribution in [2.45, 2.75) is 45.1 Å². The molecule has 32 heavy (non-hydrogen) atoms. The van der Waals surface area contributed by atoms with Crippen molar-refractivity contribution in [3.63, 3.8) is 0 Å². The first-order chi connectivity index (χ1) is 15.7. The molecule has 0 amide bonds. The molecule has 164 valence electrons. The molecule has 3 aromatic carbocycles. The maximum atomic E-state index is 13.1. The predicted octanol–water partition coefficient (Wildman–Crippen LogP) is 5.27. The SMILES string of the molecule is CC1=C[C@H](OCc2ccccc2)[C@@H](OCc2ccccc2)[C@H](OCc2ccccc2)C1=O. The van der Waals surface area contributed by atoms with Gasteiger partial charge in [-0.1, -0.05) is 91.0 Å². The lowest BCUT2D eigenvalue weighted by molar-refractivity contribution is -0.161. The van der Waals surface area contributed by atoms with Crippen LogP contribution >= 0.6 is 0 Å². The summed E-state index contributed by atoms with van der Waals surface area (Å²) >= 11 is 0.